The molecule has 0 amide bonds. The average molecular weight is 384 g/mol. The minimum atomic E-state index is -2.12. The fourth-order valence-corrected chi connectivity index (χ4v) is 3.44. The van der Waals surface area contributed by atoms with E-state index < -0.39 is 17.5 Å². The van der Waals surface area contributed by atoms with Crippen molar-refractivity contribution in [1.29, 1.82) is 5.26 Å². The molecule has 1 rings (SSSR count). The summed E-state index contributed by atoms with van der Waals surface area (Å²) in [4.78, 5) is 25.8. The van der Waals surface area contributed by atoms with Gasteiger partial charge in [0.05, 0.1) is 11.6 Å². The Labute approximate surface area is 166 Å². The Morgan fingerprint density at radius 3 is 2.46 bits per heavy atom. The minimum Gasteiger partial charge on any atom is -0.479 e. The van der Waals surface area contributed by atoms with Crippen LogP contribution in [0.4, 0.5) is 0 Å². The van der Waals surface area contributed by atoms with Crippen LogP contribution in [0.15, 0.2) is 49.6 Å². The van der Waals surface area contributed by atoms with E-state index in [1.807, 2.05) is 13.0 Å². The van der Waals surface area contributed by atoms with Gasteiger partial charge >= 0.3 is 11.9 Å². The Hall–Kier alpha value is -2.91. The zero-order valence-electron chi connectivity index (χ0n) is 16.3. The van der Waals surface area contributed by atoms with E-state index in [4.69, 9.17) is 5.26 Å². The molecule has 0 spiro atoms. The van der Waals surface area contributed by atoms with Gasteiger partial charge in [-0.2, -0.15) is 5.26 Å². The fourth-order valence-electron chi connectivity index (χ4n) is 3.44. The summed E-state index contributed by atoms with van der Waals surface area (Å²) in [7, 11) is 0. The van der Waals surface area contributed by atoms with E-state index in [2.05, 4.69) is 19.2 Å². The third-order valence-electron chi connectivity index (χ3n) is 4.82. The quantitative estimate of drug-likeness (QED) is 0.398. The highest BCUT2D eigenvalue weighted by Gasteiger charge is 2.52. The number of unbranched alkanes of at least 4 members (excludes halogenated alkanes) is 1. The number of aliphatic carboxylic acids is 2. The van der Waals surface area contributed by atoms with Crippen LogP contribution in [-0.4, -0.2) is 45.2 Å². The maximum atomic E-state index is 12.2. The summed E-state index contributed by atoms with van der Waals surface area (Å²) in [5, 5.41) is 28.9. The average Bonchev–Trinajstić information content (AvgIpc) is 2.67. The van der Waals surface area contributed by atoms with E-state index in [-0.39, 0.29) is 19.0 Å². The molecule has 2 N–H and O–H groups in total. The molecule has 1 aromatic carbocycles. The predicted octanol–water partition coefficient (Wildman–Crippen LogP) is 3.63. The smallest absolute Gasteiger partial charge is 0.336 e. The van der Waals surface area contributed by atoms with Crippen molar-refractivity contribution in [2.24, 2.45) is 0 Å². The molecule has 0 fully saturated rings. The van der Waals surface area contributed by atoms with Crippen molar-refractivity contribution in [3.05, 3.63) is 60.7 Å². The van der Waals surface area contributed by atoms with Crippen LogP contribution in [0.5, 0.6) is 0 Å². The Bertz CT molecular complexity index is 737. The first-order valence-corrected chi connectivity index (χ1v) is 9.31. The number of rotatable bonds is 13. The lowest BCUT2D eigenvalue weighted by molar-refractivity contribution is -0.169. The molecule has 6 heteroatoms. The van der Waals surface area contributed by atoms with Crippen molar-refractivity contribution in [2.45, 2.75) is 50.6 Å². The lowest BCUT2D eigenvalue weighted by atomic mass is 9.87. The second-order valence-electron chi connectivity index (χ2n) is 6.72. The molecule has 150 valence electrons. The van der Waals surface area contributed by atoms with Crippen LogP contribution in [0.2, 0.25) is 0 Å². The summed E-state index contributed by atoms with van der Waals surface area (Å²) in [5.74, 6) is -2.84. The SMILES string of the molecule is C=CCN(C(CCCC)Cc1cccc(C#N)c1)C(CC=C)(C(=O)O)C(=O)O. The summed E-state index contributed by atoms with van der Waals surface area (Å²) in [5.41, 5.74) is -0.755. The number of benzene rings is 1. The van der Waals surface area contributed by atoms with Crippen LogP contribution >= 0.6 is 0 Å². The highest BCUT2D eigenvalue weighted by molar-refractivity contribution is 6.03. The van der Waals surface area contributed by atoms with E-state index in [1.54, 1.807) is 18.2 Å². The largest absolute Gasteiger partial charge is 0.479 e. The summed E-state index contributed by atoms with van der Waals surface area (Å²) in [6.45, 7) is 9.39. The lowest BCUT2D eigenvalue weighted by Gasteiger charge is -2.42. The molecule has 0 radical (unpaired) electrons. The minimum absolute atomic E-state index is 0.110. The molecular formula is C22H28N2O4. The van der Waals surface area contributed by atoms with E-state index >= 15 is 0 Å². The summed E-state index contributed by atoms with van der Waals surface area (Å²) < 4.78 is 0. The number of hydrogen-bond acceptors (Lipinski definition) is 4. The number of carboxylic acids is 2. The van der Waals surface area contributed by atoms with Crippen molar-refractivity contribution in [3.8, 4) is 6.07 Å². The highest BCUT2D eigenvalue weighted by Crippen LogP contribution is 2.29. The molecule has 0 aliphatic heterocycles. The van der Waals surface area contributed by atoms with Crippen LogP contribution in [0.3, 0.4) is 0 Å². The fraction of sp³-hybridized carbons (Fsp3) is 0.409. The van der Waals surface area contributed by atoms with Crippen molar-refractivity contribution in [1.82, 2.24) is 4.90 Å². The Morgan fingerprint density at radius 1 is 1.29 bits per heavy atom. The van der Waals surface area contributed by atoms with E-state index in [0.29, 0.717) is 18.4 Å². The first kappa shape index (κ1) is 23.1. The van der Waals surface area contributed by atoms with Crippen molar-refractivity contribution in [2.75, 3.05) is 6.54 Å². The molecule has 28 heavy (non-hydrogen) atoms. The van der Waals surface area contributed by atoms with Gasteiger partial charge < -0.3 is 10.2 Å². The second kappa shape index (κ2) is 11.1. The van der Waals surface area contributed by atoms with E-state index in [9.17, 15) is 19.8 Å². The van der Waals surface area contributed by atoms with Crippen LogP contribution < -0.4 is 0 Å². The summed E-state index contributed by atoms with van der Waals surface area (Å²) in [6.07, 6.45) is 5.39. The summed E-state index contributed by atoms with van der Waals surface area (Å²) >= 11 is 0. The van der Waals surface area contributed by atoms with Crippen LogP contribution in [0.1, 0.15) is 43.7 Å². The lowest BCUT2D eigenvalue weighted by Crippen LogP contribution is -2.63. The molecular weight excluding hydrogens is 356 g/mol. The van der Waals surface area contributed by atoms with Gasteiger partial charge in [-0.3, -0.25) is 4.90 Å². The van der Waals surface area contributed by atoms with Gasteiger partial charge in [-0.15, -0.1) is 13.2 Å². The number of carboxylic acid groups (broad SMARTS) is 2. The van der Waals surface area contributed by atoms with Crippen molar-refractivity contribution >= 4 is 11.9 Å². The van der Waals surface area contributed by atoms with Gasteiger partial charge in [0.25, 0.3) is 0 Å². The van der Waals surface area contributed by atoms with E-state index in [1.165, 1.54) is 17.1 Å². The molecule has 0 aromatic heterocycles. The second-order valence-corrected chi connectivity index (χ2v) is 6.72. The molecule has 0 saturated heterocycles. The third-order valence-corrected chi connectivity index (χ3v) is 4.82. The normalized spacial score (nSPS) is 12.2. The van der Waals surface area contributed by atoms with Gasteiger partial charge in [-0.25, -0.2) is 9.59 Å². The van der Waals surface area contributed by atoms with Gasteiger partial charge in [0, 0.05) is 19.0 Å². The molecule has 0 bridgehead atoms. The Kier molecular flexibility index (Phi) is 9.13. The van der Waals surface area contributed by atoms with Gasteiger partial charge in [0.15, 0.2) is 0 Å². The van der Waals surface area contributed by atoms with E-state index in [0.717, 1.165) is 18.4 Å². The van der Waals surface area contributed by atoms with Gasteiger partial charge in [0.2, 0.25) is 5.54 Å². The van der Waals surface area contributed by atoms with Gasteiger partial charge in [-0.05, 0) is 30.5 Å². The van der Waals surface area contributed by atoms with Crippen LogP contribution in [0.25, 0.3) is 0 Å². The highest BCUT2D eigenvalue weighted by atomic mass is 16.4. The molecule has 1 aromatic rings. The molecule has 0 aliphatic rings. The predicted molar refractivity (Wildman–Crippen MR) is 108 cm³/mol. The van der Waals surface area contributed by atoms with Crippen molar-refractivity contribution < 1.29 is 19.8 Å². The molecule has 1 atom stereocenters. The first-order valence-electron chi connectivity index (χ1n) is 9.31. The first-order chi connectivity index (χ1) is 13.4. The van der Waals surface area contributed by atoms with Crippen molar-refractivity contribution in [3.63, 3.8) is 0 Å². The molecule has 0 saturated carbocycles. The zero-order chi connectivity index (χ0) is 21.2. The van der Waals surface area contributed by atoms with Gasteiger partial charge in [0.1, 0.15) is 0 Å². The molecule has 0 heterocycles. The molecule has 6 nitrogen and oxygen atoms in total. The third kappa shape index (κ3) is 5.30. The van der Waals surface area contributed by atoms with Gasteiger partial charge in [-0.1, -0.05) is 44.1 Å². The molecule has 0 aliphatic carbocycles. The van der Waals surface area contributed by atoms with Crippen LogP contribution in [0, 0.1) is 11.3 Å². The standard InChI is InChI=1S/C22H28N2O4/c1-4-7-11-19(15-17-9-8-10-18(14-17)16-23)24(13-6-3)22(12-5-2,20(25)26)21(27)28/h5-6,8-10,14,19H,2-4,7,11-13,15H2,1H3,(H,25,26)(H,27,28). The number of carbonyl (C=O) groups is 2. The maximum absolute atomic E-state index is 12.2. The van der Waals surface area contributed by atoms with Crippen LogP contribution in [-0.2, 0) is 16.0 Å². The maximum Gasteiger partial charge on any atom is 0.336 e. The number of nitriles is 1. The number of nitrogens with zero attached hydrogens (tertiary/aromatic N) is 2. The summed E-state index contributed by atoms with van der Waals surface area (Å²) in [6, 6.07) is 8.83. The Balaban J connectivity index is 3.45. The topological polar surface area (TPSA) is 102 Å². The Morgan fingerprint density at radius 2 is 1.96 bits per heavy atom. The monoisotopic (exact) mass is 384 g/mol. The number of hydrogen-bond donors (Lipinski definition) is 2. The molecule has 1 unspecified atom stereocenters. The zero-order valence-corrected chi connectivity index (χ0v) is 16.3.